The second-order valence-corrected chi connectivity index (χ2v) is 4.60. The molecule has 0 aliphatic rings. The topological polar surface area (TPSA) is 84.0 Å². The predicted molar refractivity (Wildman–Crippen MR) is 78.5 cm³/mol. The number of oxazole rings is 1. The summed E-state index contributed by atoms with van der Waals surface area (Å²) in [6, 6.07) is 13.6. The van der Waals surface area contributed by atoms with Crippen molar-refractivity contribution in [2.75, 3.05) is 5.32 Å². The van der Waals surface area contributed by atoms with Crippen LogP contribution in [0, 0.1) is 0 Å². The summed E-state index contributed by atoms with van der Waals surface area (Å²) in [6.45, 7) is 1.22. The van der Waals surface area contributed by atoms with Crippen LogP contribution in [-0.4, -0.2) is 4.98 Å². The highest BCUT2D eigenvalue weighted by molar-refractivity contribution is 5.76. The SMILES string of the molecule is NCc1cccc(CNc2ccc3[nH]c(=O)oc3c2)c1. The number of anilines is 1. The molecule has 0 saturated carbocycles. The summed E-state index contributed by atoms with van der Waals surface area (Å²) in [6.07, 6.45) is 0. The van der Waals surface area contributed by atoms with Crippen molar-refractivity contribution in [3.05, 3.63) is 64.1 Å². The van der Waals surface area contributed by atoms with Crippen LogP contribution in [0.3, 0.4) is 0 Å². The van der Waals surface area contributed by atoms with Gasteiger partial charge in [-0.2, -0.15) is 0 Å². The smallest absolute Gasteiger partial charge is 0.408 e. The third-order valence-electron chi connectivity index (χ3n) is 3.14. The van der Waals surface area contributed by atoms with Gasteiger partial charge in [-0.25, -0.2) is 4.79 Å². The highest BCUT2D eigenvalue weighted by atomic mass is 16.4. The van der Waals surface area contributed by atoms with E-state index in [4.69, 9.17) is 10.2 Å². The van der Waals surface area contributed by atoms with E-state index in [-0.39, 0.29) is 0 Å². The first-order chi connectivity index (χ1) is 9.74. The summed E-state index contributed by atoms with van der Waals surface area (Å²) in [5.74, 6) is -0.437. The molecule has 4 N–H and O–H groups in total. The standard InChI is InChI=1S/C15H15N3O2/c16-8-10-2-1-3-11(6-10)9-17-12-4-5-13-14(7-12)20-15(19)18-13/h1-7,17H,8-9,16H2,(H,18,19). The predicted octanol–water partition coefficient (Wildman–Crippen LogP) is 2.19. The molecular weight excluding hydrogens is 254 g/mol. The molecule has 0 fully saturated rings. The Kier molecular flexibility index (Phi) is 3.26. The molecular formula is C15H15N3O2. The van der Waals surface area contributed by atoms with Gasteiger partial charge in [0.05, 0.1) is 5.52 Å². The molecule has 0 atom stereocenters. The third-order valence-corrected chi connectivity index (χ3v) is 3.14. The van der Waals surface area contributed by atoms with Crippen molar-refractivity contribution < 1.29 is 4.42 Å². The number of rotatable bonds is 4. The number of aromatic amines is 1. The number of fused-ring (bicyclic) bond motifs is 1. The molecule has 3 aromatic rings. The summed E-state index contributed by atoms with van der Waals surface area (Å²) in [4.78, 5) is 13.7. The van der Waals surface area contributed by atoms with Crippen molar-refractivity contribution in [3.63, 3.8) is 0 Å². The first-order valence-electron chi connectivity index (χ1n) is 6.39. The molecule has 2 aromatic carbocycles. The summed E-state index contributed by atoms with van der Waals surface area (Å²) in [5.41, 5.74) is 10.0. The lowest BCUT2D eigenvalue weighted by atomic mass is 10.1. The first-order valence-corrected chi connectivity index (χ1v) is 6.39. The highest BCUT2D eigenvalue weighted by Crippen LogP contribution is 2.17. The Labute approximate surface area is 115 Å². The van der Waals surface area contributed by atoms with E-state index in [9.17, 15) is 4.79 Å². The molecule has 20 heavy (non-hydrogen) atoms. The molecule has 0 spiro atoms. The van der Waals surface area contributed by atoms with Crippen molar-refractivity contribution in [1.29, 1.82) is 0 Å². The van der Waals surface area contributed by atoms with Crippen molar-refractivity contribution in [3.8, 4) is 0 Å². The van der Waals surface area contributed by atoms with Crippen LogP contribution >= 0.6 is 0 Å². The number of nitrogens with one attached hydrogen (secondary N) is 2. The van der Waals surface area contributed by atoms with Gasteiger partial charge in [-0.3, -0.25) is 4.98 Å². The fraction of sp³-hybridized carbons (Fsp3) is 0.133. The van der Waals surface area contributed by atoms with Crippen LogP contribution in [0.15, 0.2) is 51.7 Å². The van der Waals surface area contributed by atoms with E-state index in [1.807, 2.05) is 30.3 Å². The number of H-pyrrole nitrogens is 1. The number of hydrogen-bond acceptors (Lipinski definition) is 4. The Balaban J connectivity index is 1.77. The fourth-order valence-corrected chi connectivity index (χ4v) is 2.13. The van der Waals surface area contributed by atoms with Gasteiger partial charge in [-0.1, -0.05) is 24.3 Å². The number of nitrogens with two attached hydrogens (primary N) is 1. The molecule has 0 radical (unpaired) electrons. The summed E-state index contributed by atoms with van der Waals surface area (Å²) < 4.78 is 5.03. The normalized spacial score (nSPS) is 10.8. The lowest BCUT2D eigenvalue weighted by molar-refractivity contribution is 0.555. The Bertz CT molecular complexity index is 789. The first kappa shape index (κ1) is 12.5. The molecule has 0 saturated heterocycles. The van der Waals surface area contributed by atoms with Gasteiger partial charge in [0, 0.05) is 24.8 Å². The number of benzene rings is 2. The van der Waals surface area contributed by atoms with Gasteiger partial charge >= 0.3 is 5.76 Å². The maximum Gasteiger partial charge on any atom is 0.417 e. The van der Waals surface area contributed by atoms with Gasteiger partial charge in [-0.15, -0.1) is 0 Å². The second-order valence-electron chi connectivity index (χ2n) is 4.60. The van der Waals surface area contributed by atoms with Gasteiger partial charge in [0.2, 0.25) is 0 Å². The monoisotopic (exact) mass is 269 g/mol. The summed E-state index contributed by atoms with van der Waals surface area (Å²) in [5, 5.41) is 3.30. The van der Waals surface area contributed by atoms with Gasteiger partial charge in [-0.05, 0) is 23.3 Å². The highest BCUT2D eigenvalue weighted by Gasteiger charge is 2.02. The minimum atomic E-state index is -0.437. The lowest BCUT2D eigenvalue weighted by Crippen LogP contribution is -2.01. The molecule has 0 unspecified atom stereocenters. The molecule has 1 aromatic heterocycles. The molecule has 0 aliphatic carbocycles. The van der Waals surface area contributed by atoms with E-state index in [0.717, 1.165) is 16.8 Å². The quantitative estimate of drug-likeness (QED) is 0.678. The Morgan fingerprint density at radius 2 is 2.00 bits per heavy atom. The minimum Gasteiger partial charge on any atom is -0.408 e. The maximum atomic E-state index is 11.1. The van der Waals surface area contributed by atoms with Crippen LogP contribution in [0.5, 0.6) is 0 Å². The van der Waals surface area contributed by atoms with Gasteiger partial charge < -0.3 is 15.5 Å². The van der Waals surface area contributed by atoms with E-state index >= 15 is 0 Å². The largest absolute Gasteiger partial charge is 0.417 e. The fourth-order valence-electron chi connectivity index (χ4n) is 2.13. The van der Waals surface area contributed by atoms with E-state index < -0.39 is 5.76 Å². The van der Waals surface area contributed by atoms with Crippen molar-refractivity contribution >= 4 is 16.8 Å². The molecule has 0 bridgehead atoms. The van der Waals surface area contributed by atoms with E-state index in [1.165, 1.54) is 0 Å². The maximum absolute atomic E-state index is 11.1. The van der Waals surface area contributed by atoms with Crippen LogP contribution in [0.4, 0.5) is 5.69 Å². The van der Waals surface area contributed by atoms with Gasteiger partial charge in [0.15, 0.2) is 5.58 Å². The number of aromatic nitrogens is 1. The molecule has 1 heterocycles. The third kappa shape index (κ3) is 2.57. The molecule has 0 amide bonds. The average Bonchev–Trinajstić information content (AvgIpc) is 2.84. The van der Waals surface area contributed by atoms with Crippen LogP contribution in [0.25, 0.3) is 11.1 Å². The second kappa shape index (κ2) is 5.22. The Hall–Kier alpha value is -2.53. The van der Waals surface area contributed by atoms with Crippen molar-refractivity contribution in [2.45, 2.75) is 13.1 Å². The van der Waals surface area contributed by atoms with Crippen LogP contribution < -0.4 is 16.8 Å². The summed E-state index contributed by atoms with van der Waals surface area (Å²) in [7, 11) is 0. The van der Waals surface area contributed by atoms with E-state index in [2.05, 4.69) is 16.4 Å². The molecule has 0 aliphatic heterocycles. The zero-order valence-corrected chi connectivity index (χ0v) is 10.8. The van der Waals surface area contributed by atoms with Crippen LogP contribution in [0.1, 0.15) is 11.1 Å². The van der Waals surface area contributed by atoms with Crippen molar-refractivity contribution in [1.82, 2.24) is 4.98 Å². The Morgan fingerprint density at radius 3 is 2.85 bits per heavy atom. The molecule has 5 heteroatoms. The molecule has 3 rings (SSSR count). The zero-order chi connectivity index (χ0) is 13.9. The van der Waals surface area contributed by atoms with Crippen LogP contribution in [0.2, 0.25) is 0 Å². The lowest BCUT2D eigenvalue weighted by Gasteiger charge is -2.07. The zero-order valence-electron chi connectivity index (χ0n) is 10.8. The molecule has 102 valence electrons. The Morgan fingerprint density at radius 1 is 1.15 bits per heavy atom. The number of hydrogen-bond donors (Lipinski definition) is 3. The van der Waals surface area contributed by atoms with E-state index in [0.29, 0.717) is 24.2 Å². The summed E-state index contributed by atoms with van der Waals surface area (Å²) >= 11 is 0. The average molecular weight is 269 g/mol. The minimum absolute atomic E-state index is 0.437. The van der Waals surface area contributed by atoms with E-state index in [1.54, 1.807) is 6.07 Å². The van der Waals surface area contributed by atoms with Gasteiger partial charge in [0.25, 0.3) is 0 Å². The van der Waals surface area contributed by atoms with Crippen LogP contribution in [-0.2, 0) is 13.1 Å². The van der Waals surface area contributed by atoms with Gasteiger partial charge in [0.1, 0.15) is 0 Å². The molecule has 5 nitrogen and oxygen atoms in total. The van der Waals surface area contributed by atoms with Crippen molar-refractivity contribution in [2.24, 2.45) is 5.73 Å².